The molecule has 2 aromatic rings. The topological polar surface area (TPSA) is 229 Å². The zero-order chi connectivity index (χ0) is 45.8. The minimum atomic E-state index is -1.98. The predicted molar refractivity (Wildman–Crippen MR) is 229 cm³/mol. The number of anilines is 1. The molecule has 0 saturated carbocycles. The molecule has 1 fully saturated rings. The third-order valence-corrected chi connectivity index (χ3v) is 12.9. The zero-order valence-corrected chi connectivity index (χ0v) is 37.5. The molecule has 16 nitrogen and oxygen atoms in total. The maximum atomic E-state index is 14.7. The number of hydrogen-bond donors (Lipinski definition) is 6. The van der Waals surface area contributed by atoms with Crippen LogP contribution in [-0.2, 0) is 23.8 Å². The molecule has 9 atom stereocenters. The summed E-state index contributed by atoms with van der Waals surface area (Å²) in [5.74, 6) is -6.75. The molecule has 0 radical (unpaired) electrons. The molecular weight excluding hydrogens is 801 g/mol. The third-order valence-electron chi connectivity index (χ3n) is 12.9. The largest absolute Gasteiger partial charge is 0.507 e. The van der Waals surface area contributed by atoms with Gasteiger partial charge < -0.3 is 54.7 Å². The number of allylic oxidation sites excluding steroid dienone is 2. The van der Waals surface area contributed by atoms with Gasteiger partial charge in [-0.15, -0.1) is 0 Å². The molecule has 4 aliphatic rings. The number of nitrogens with one attached hydrogen (secondary N) is 1. The van der Waals surface area contributed by atoms with Crippen molar-refractivity contribution in [2.45, 2.75) is 124 Å². The van der Waals surface area contributed by atoms with E-state index in [9.17, 15) is 39.9 Å². The Morgan fingerprint density at radius 1 is 1.00 bits per heavy atom. The fourth-order valence-corrected chi connectivity index (χ4v) is 9.23. The van der Waals surface area contributed by atoms with E-state index in [1.54, 1.807) is 20.8 Å². The summed E-state index contributed by atoms with van der Waals surface area (Å²) < 4.78 is 23.9. The van der Waals surface area contributed by atoms with Crippen LogP contribution in [0.15, 0.2) is 46.1 Å². The highest BCUT2D eigenvalue weighted by Crippen LogP contribution is 2.50. The van der Waals surface area contributed by atoms with Gasteiger partial charge in [0.05, 0.1) is 40.9 Å². The highest BCUT2D eigenvalue weighted by Gasteiger charge is 2.50. The third kappa shape index (κ3) is 8.47. The number of esters is 1. The minimum absolute atomic E-state index is 0.0114. The molecule has 0 aliphatic carbocycles. The van der Waals surface area contributed by atoms with Crippen LogP contribution in [-0.4, -0.2) is 116 Å². The van der Waals surface area contributed by atoms with Gasteiger partial charge in [-0.25, -0.2) is 0 Å². The van der Waals surface area contributed by atoms with Crippen LogP contribution in [0.2, 0.25) is 0 Å². The monoisotopic (exact) mass is 862 g/mol. The molecule has 6 N–H and O–H groups in total. The molecule has 62 heavy (non-hydrogen) atoms. The number of likely N-dealkylation sites (tertiary alicyclic amines) is 1. The van der Waals surface area contributed by atoms with Crippen LogP contribution in [0.5, 0.6) is 17.2 Å². The van der Waals surface area contributed by atoms with E-state index in [0.717, 1.165) is 6.54 Å². The van der Waals surface area contributed by atoms with Crippen LogP contribution in [0.1, 0.15) is 91.1 Å². The fourth-order valence-electron chi connectivity index (χ4n) is 9.23. The summed E-state index contributed by atoms with van der Waals surface area (Å²) in [6.07, 6.45) is 3.26. The SMILES string of the molecule is COC1/C=C\OC2(C)Oc3c(C)c(O)c4c(O)c(c5c(c4c3C2=O)=NC2(CCN(CC(C)C)CC2)N=5)NC(=O)/C(C)=C/C=C\C(C)(O)C(O)C(C)C(O)C(C)C(OC(C)=O)C1C. The van der Waals surface area contributed by atoms with Crippen LogP contribution in [0.3, 0.4) is 0 Å². The van der Waals surface area contributed by atoms with Crippen LogP contribution in [0.25, 0.3) is 10.8 Å². The van der Waals surface area contributed by atoms with E-state index in [2.05, 4.69) is 24.1 Å². The van der Waals surface area contributed by atoms with Crippen molar-refractivity contribution in [2.75, 3.05) is 32.1 Å². The fraction of sp³-hybridized carbons (Fsp3) is 0.587. The number of Topliss-reactive ketones (excluding diaryl/α,β-unsaturated/α-hetero) is 1. The van der Waals surface area contributed by atoms with Crippen molar-refractivity contribution in [1.29, 1.82) is 0 Å². The molecular formula is C46H62N4O12. The van der Waals surface area contributed by atoms with Gasteiger partial charge in [0, 0.05) is 87.7 Å². The highest BCUT2D eigenvalue weighted by molar-refractivity contribution is 6.19. The summed E-state index contributed by atoms with van der Waals surface area (Å²) in [6.45, 7) is 18.6. The van der Waals surface area contributed by atoms with Crippen LogP contribution in [0.4, 0.5) is 5.69 Å². The number of aliphatic hydroxyl groups is 3. The molecule has 338 valence electrons. The Hall–Kier alpha value is -4.87. The molecule has 1 spiro atoms. The molecule has 4 aliphatic heterocycles. The first-order chi connectivity index (χ1) is 29.0. The molecule has 16 heteroatoms. The Morgan fingerprint density at radius 3 is 2.26 bits per heavy atom. The number of piperidine rings is 1. The van der Waals surface area contributed by atoms with Crippen molar-refractivity contribution in [1.82, 2.24) is 4.90 Å². The molecule has 2 aromatic carbocycles. The Morgan fingerprint density at radius 2 is 1.65 bits per heavy atom. The summed E-state index contributed by atoms with van der Waals surface area (Å²) in [6, 6.07) is 0. The van der Waals surface area contributed by atoms with Gasteiger partial charge in [-0.05, 0) is 32.8 Å². The second kappa shape index (κ2) is 17.4. The molecule has 1 amide bonds. The number of phenolic OH excluding ortho intramolecular Hbond substituents is 2. The maximum absolute atomic E-state index is 14.7. The second-order valence-electron chi connectivity index (χ2n) is 18.2. The number of benzene rings is 2. The summed E-state index contributed by atoms with van der Waals surface area (Å²) in [5.41, 5.74) is -2.73. The lowest BCUT2D eigenvalue weighted by Gasteiger charge is -2.39. The number of carbonyl (C=O) groups is 3. The number of aliphatic hydroxyl groups excluding tert-OH is 2. The average Bonchev–Trinajstić information content (AvgIpc) is 3.71. The number of fused-ring (bicyclic) bond motifs is 1. The highest BCUT2D eigenvalue weighted by atomic mass is 16.7. The van der Waals surface area contributed by atoms with E-state index in [0.29, 0.717) is 31.8 Å². The number of ether oxygens (including phenoxy) is 4. The molecule has 9 unspecified atom stereocenters. The first kappa shape index (κ1) is 46.6. The van der Waals surface area contributed by atoms with Crippen molar-refractivity contribution >= 4 is 34.1 Å². The van der Waals surface area contributed by atoms with Crippen molar-refractivity contribution in [2.24, 2.45) is 33.7 Å². The molecule has 0 aromatic heterocycles. The van der Waals surface area contributed by atoms with Crippen molar-refractivity contribution in [3.8, 4) is 17.2 Å². The van der Waals surface area contributed by atoms with Gasteiger partial charge in [0.15, 0.2) is 11.4 Å². The van der Waals surface area contributed by atoms with Gasteiger partial charge in [0.1, 0.15) is 34.2 Å². The van der Waals surface area contributed by atoms with Crippen molar-refractivity contribution in [3.63, 3.8) is 0 Å². The zero-order valence-electron chi connectivity index (χ0n) is 37.5. The standard InChI is InChI=1S/C46H62N4O12/c1-22(2)21-50-18-16-46(17-19-50)48-33-30-31-37(53)26(6)40-32(30)42(56)45(10,62-40)60-20-14-29(59-11)24(4)39(61-28(8)51)25(5)36(52)27(7)41(55)44(9,58)15-12-13-23(3)43(57)47-35(38(31)54)34(33)49-46/h12-15,20,22,24-25,27,29,36,39,41,52-55,58H,16-19,21H2,1-11H3,(H,47,57)/b15-12-,20-14-,23-13+. The van der Waals surface area contributed by atoms with E-state index in [1.807, 2.05) is 0 Å². The van der Waals surface area contributed by atoms with Crippen molar-refractivity contribution < 1.29 is 58.9 Å². The number of nitrogens with zero attached hydrogens (tertiary/aromatic N) is 3. The Balaban J connectivity index is 1.55. The molecule has 1 saturated heterocycles. The van der Waals surface area contributed by atoms with Gasteiger partial charge in [0.2, 0.25) is 0 Å². The van der Waals surface area contributed by atoms with Gasteiger partial charge >= 0.3 is 11.8 Å². The van der Waals surface area contributed by atoms with Crippen LogP contribution in [0, 0.1) is 30.6 Å². The van der Waals surface area contributed by atoms with Crippen LogP contribution >= 0.6 is 0 Å². The van der Waals surface area contributed by atoms with Crippen LogP contribution < -0.4 is 20.8 Å². The number of carbonyl (C=O) groups excluding carboxylic acids is 3. The number of rotatable bonds is 4. The number of hydrogen-bond acceptors (Lipinski definition) is 15. The summed E-state index contributed by atoms with van der Waals surface area (Å²) in [5, 5.41) is 61.4. The second-order valence-corrected chi connectivity index (χ2v) is 18.2. The lowest BCUT2D eigenvalue weighted by atomic mass is 9.77. The summed E-state index contributed by atoms with van der Waals surface area (Å²) >= 11 is 0. The Kier molecular flexibility index (Phi) is 13.1. The number of aromatic hydroxyl groups is 2. The van der Waals surface area contributed by atoms with Gasteiger partial charge in [0.25, 0.3) is 11.7 Å². The Labute approximate surface area is 361 Å². The molecule has 4 heterocycles. The average molecular weight is 863 g/mol. The first-order valence-electron chi connectivity index (χ1n) is 21.3. The van der Waals surface area contributed by atoms with E-state index in [1.165, 1.54) is 72.3 Å². The maximum Gasteiger partial charge on any atom is 0.312 e. The first-order valence-corrected chi connectivity index (χ1v) is 21.3. The molecule has 6 rings (SSSR count). The lowest BCUT2D eigenvalue weighted by Crippen LogP contribution is -2.50. The molecule has 4 bridgehead atoms. The Bertz CT molecular complexity index is 2350. The quantitative estimate of drug-likeness (QED) is 0.190. The summed E-state index contributed by atoms with van der Waals surface area (Å²) in [4.78, 5) is 53.6. The number of ketones is 1. The smallest absolute Gasteiger partial charge is 0.312 e. The van der Waals surface area contributed by atoms with E-state index < -0.39 is 88.4 Å². The van der Waals surface area contributed by atoms with Gasteiger partial charge in [-0.2, -0.15) is 0 Å². The number of methoxy groups -OCH3 is 1. The normalized spacial score (nSPS) is 33.5. The van der Waals surface area contributed by atoms with Gasteiger partial charge in [-0.3, -0.25) is 24.4 Å². The lowest BCUT2D eigenvalue weighted by molar-refractivity contribution is -0.162. The van der Waals surface area contributed by atoms with E-state index in [4.69, 9.17) is 28.9 Å². The summed E-state index contributed by atoms with van der Waals surface area (Å²) in [7, 11) is 1.44. The van der Waals surface area contributed by atoms with E-state index >= 15 is 0 Å². The predicted octanol–water partition coefficient (Wildman–Crippen LogP) is 3.86. The number of phenols is 2. The van der Waals surface area contributed by atoms with E-state index in [-0.39, 0.29) is 49.6 Å². The minimum Gasteiger partial charge on any atom is -0.507 e. The van der Waals surface area contributed by atoms with Crippen molar-refractivity contribution in [3.05, 3.63) is 58.0 Å². The van der Waals surface area contributed by atoms with Gasteiger partial charge in [-0.1, -0.05) is 52.8 Å². The number of amides is 1.